The van der Waals surface area contributed by atoms with Crippen molar-refractivity contribution in [1.29, 1.82) is 0 Å². The molecule has 1 heterocycles. The van der Waals surface area contributed by atoms with E-state index in [1.54, 1.807) is 0 Å². The van der Waals surface area contributed by atoms with Crippen LogP contribution in [0.4, 0.5) is 0 Å². The van der Waals surface area contributed by atoms with Gasteiger partial charge in [0.1, 0.15) is 0 Å². The highest BCUT2D eigenvalue weighted by atomic mass is 16.2. The third-order valence-electron chi connectivity index (χ3n) is 3.05. The van der Waals surface area contributed by atoms with Crippen LogP contribution in [0.3, 0.4) is 0 Å². The lowest BCUT2D eigenvalue weighted by Gasteiger charge is -2.39. The lowest BCUT2D eigenvalue weighted by molar-refractivity contribution is -0.133. The Hall–Kier alpha value is -0.610. The Morgan fingerprint density at radius 1 is 1.40 bits per heavy atom. The summed E-state index contributed by atoms with van der Waals surface area (Å²) in [6.07, 6.45) is 0. The molecule has 0 spiro atoms. The van der Waals surface area contributed by atoms with Crippen molar-refractivity contribution in [3.05, 3.63) is 0 Å². The number of hydrogen-bond donors (Lipinski definition) is 1. The molecule has 0 radical (unpaired) electrons. The number of rotatable bonds is 4. The van der Waals surface area contributed by atoms with Crippen LogP contribution >= 0.6 is 0 Å². The topological polar surface area (TPSA) is 35.6 Å². The highest BCUT2D eigenvalue weighted by Crippen LogP contribution is 2.08. The van der Waals surface area contributed by atoms with Crippen LogP contribution in [0.2, 0.25) is 0 Å². The molecule has 0 bridgehead atoms. The second-order valence-electron chi connectivity index (χ2n) is 4.10. The molecule has 1 atom stereocenters. The van der Waals surface area contributed by atoms with E-state index in [4.69, 9.17) is 0 Å². The molecule has 1 saturated heterocycles. The fourth-order valence-corrected chi connectivity index (χ4v) is 2.04. The molecule has 0 aliphatic carbocycles. The van der Waals surface area contributed by atoms with E-state index in [0.717, 1.165) is 32.7 Å². The number of hydrogen-bond acceptors (Lipinski definition) is 3. The third-order valence-corrected chi connectivity index (χ3v) is 3.05. The number of nitrogens with one attached hydrogen (secondary N) is 1. The molecule has 1 N–H and O–H groups in total. The van der Waals surface area contributed by atoms with Crippen LogP contribution < -0.4 is 5.32 Å². The van der Waals surface area contributed by atoms with Gasteiger partial charge in [-0.3, -0.25) is 9.69 Å². The number of nitrogens with zero attached hydrogens (tertiary/aromatic N) is 2. The van der Waals surface area contributed by atoms with Gasteiger partial charge in [-0.2, -0.15) is 0 Å². The summed E-state index contributed by atoms with van der Waals surface area (Å²) in [5.41, 5.74) is 0. The Morgan fingerprint density at radius 3 is 2.67 bits per heavy atom. The van der Waals surface area contributed by atoms with Gasteiger partial charge in [0.25, 0.3) is 0 Å². The summed E-state index contributed by atoms with van der Waals surface area (Å²) >= 11 is 0. The molecule has 1 fully saturated rings. The fourth-order valence-electron chi connectivity index (χ4n) is 2.04. The summed E-state index contributed by atoms with van der Waals surface area (Å²) in [5.74, 6) is 0.236. The van der Waals surface area contributed by atoms with Crippen molar-refractivity contribution >= 4 is 5.91 Å². The van der Waals surface area contributed by atoms with Gasteiger partial charge in [-0.05, 0) is 20.0 Å². The van der Waals surface area contributed by atoms with E-state index < -0.39 is 0 Å². The zero-order valence-corrected chi connectivity index (χ0v) is 10.1. The molecule has 0 saturated carbocycles. The van der Waals surface area contributed by atoms with Gasteiger partial charge in [-0.25, -0.2) is 0 Å². The molecular weight excluding hydrogens is 190 g/mol. The molecule has 0 aromatic carbocycles. The fraction of sp³-hybridized carbons (Fsp3) is 0.909. The number of likely N-dealkylation sites (N-methyl/N-ethyl adjacent to an activating group) is 2. The minimum absolute atomic E-state index is 0.236. The zero-order chi connectivity index (χ0) is 11.3. The Bertz CT molecular complexity index is 208. The van der Waals surface area contributed by atoms with E-state index >= 15 is 0 Å². The van der Waals surface area contributed by atoms with Crippen molar-refractivity contribution in [2.24, 2.45) is 0 Å². The maximum Gasteiger partial charge on any atom is 0.236 e. The first-order valence-corrected chi connectivity index (χ1v) is 5.91. The van der Waals surface area contributed by atoms with Crippen LogP contribution in [0.15, 0.2) is 0 Å². The highest BCUT2D eigenvalue weighted by molar-refractivity contribution is 5.78. The summed E-state index contributed by atoms with van der Waals surface area (Å²) in [4.78, 5) is 16.1. The van der Waals surface area contributed by atoms with Crippen LogP contribution in [0, 0.1) is 0 Å². The van der Waals surface area contributed by atoms with Crippen molar-refractivity contribution < 1.29 is 4.79 Å². The maximum atomic E-state index is 11.7. The largest absolute Gasteiger partial charge is 0.339 e. The molecule has 15 heavy (non-hydrogen) atoms. The smallest absolute Gasteiger partial charge is 0.236 e. The molecule has 1 rings (SSSR count). The highest BCUT2D eigenvalue weighted by Gasteiger charge is 2.24. The minimum atomic E-state index is 0.236. The summed E-state index contributed by atoms with van der Waals surface area (Å²) in [7, 11) is 0. The van der Waals surface area contributed by atoms with E-state index in [9.17, 15) is 4.79 Å². The molecule has 1 aliphatic rings. The van der Waals surface area contributed by atoms with Crippen LogP contribution in [-0.2, 0) is 4.79 Å². The lowest BCUT2D eigenvalue weighted by atomic mass is 10.2. The van der Waals surface area contributed by atoms with Crippen LogP contribution in [0.5, 0.6) is 0 Å². The molecule has 1 amide bonds. The quantitative estimate of drug-likeness (QED) is 0.722. The van der Waals surface area contributed by atoms with Crippen molar-refractivity contribution in [2.75, 3.05) is 39.3 Å². The van der Waals surface area contributed by atoms with Crippen molar-refractivity contribution in [1.82, 2.24) is 15.1 Å². The van der Waals surface area contributed by atoms with Gasteiger partial charge in [0, 0.05) is 25.7 Å². The Kier molecular flexibility index (Phi) is 5.05. The normalized spacial score (nSPS) is 23.1. The predicted octanol–water partition coefficient (Wildman–Crippen LogP) is 0.149. The zero-order valence-electron chi connectivity index (χ0n) is 10.1. The average molecular weight is 213 g/mol. The molecule has 0 aromatic heterocycles. The molecule has 88 valence electrons. The van der Waals surface area contributed by atoms with E-state index in [2.05, 4.69) is 24.1 Å². The van der Waals surface area contributed by atoms with Gasteiger partial charge in [0.15, 0.2) is 0 Å². The first-order valence-electron chi connectivity index (χ1n) is 5.91. The molecule has 0 aromatic rings. The summed E-state index contributed by atoms with van der Waals surface area (Å²) in [5, 5.41) is 3.08. The van der Waals surface area contributed by atoms with Gasteiger partial charge >= 0.3 is 0 Å². The standard InChI is InChI=1S/C11H23N3O/c1-4-12-8-11(15)14-7-6-13(5-2)10(3)9-14/h10,12H,4-9H2,1-3H3. The van der Waals surface area contributed by atoms with Crippen molar-refractivity contribution in [2.45, 2.75) is 26.8 Å². The van der Waals surface area contributed by atoms with E-state index in [1.165, 1.54) is 0 Å². The van der Waals surface area contributed by atoms with Crippen molar-refractivity contribution in [3.8, 4) is 0 Å². The number of piperazine rings is 1. The Balaban J connectivity index is 2.36. The summed E-state index contributed by atoms with van der Waals surface area (Å²) in [6, 6.07) is 0.495. The lowest BCUT2D eigenvalue weighted by Crippen LogP contribution is -2.54. The minimum Gasteiger partial charge on any atom is -0.339 e. The first-order chi connectivity index (χ1) is 7.19. The van der Waals surface area contributed by atoms with E-state index in [1.807, 2.05) is 11.8 Å². The number of carbonyl (C=O) groups excluding carboxylic acids is 1. The number of carbonyl (C=O) groups is 1. The SMILES string of the molecule is CCNCC(=O)N1CCN(CC)C(C)C1. The second kappa shape index (κ2) is 6.08. The molecule has 1 aliphatic heterocycles. The number of amides is 1. The van der Waals surface area contributed by atoms with Gasteiger partial charge in [0.2, 0.25) is 5.91 Å². The van der Waals surface area contributed by atoms with E-state index in [0.29, 0.717) is 12.6 Å². The maximum absolute atomic E-state index is 11.7. The Labute approximate surface area is 92.6 Å². The van der Waals surface area contributed by atoms with Crippen LogP contribution in [-0.4, -0.2) is 61.0 Å². The monoisotopic (exact) mass is 213 g/mol. The Morgan fingerprint density at radius 2 is 2.13 bits per heavy atom. The first kappa shape index (κ1) is 12.5. The predicted molar refractivity (Wildman–Crippen MR) is 61.8 cm³/mol. The van der Waals surface area contributed by atoms with Crippen LogP contribution in [0.25, 0.3) is 0 Å². The van der Waals surface area contributed by atoms with Gasteiger partial charge in [-0.15, -0.1) is 0 Å². The van der Waals surface area contributed by atoms with E-state index in [-0.39, 0.29) is 5.91 Å². The summed E-state index contributed by atoms with van der Waals surface area (Å²) < 4.78 is 0. The summed E-state index contributed by atoms with van der Waals surface area (Å²) in [6.45, 7) is 11.6. The second-order valence-corrected chi connectivity index (χ2v) is 4.10. The van der Waals surface area contributed by atoms with Gasteiger partial charge in [0.05, 0.1) is 6.54 Å². The molecule has 1 unspecified atom stereocenters. The van der Waals surface area contributed by atoms with Crippen LogP contribution in [0.1, 0.15) is 20.8 Å². The third kappa shape index (κ3) is 3.47. The van der Waals surface area contributed by atoms with Gasteiger partial charge < -0.3 is 10.2 Å². The average Bonchev–Trinajstić information content (AvgIpc) is 2.25. The van der Waals surface area contributed by atoms with Gasteiger partial charge in [-0.1, -0.05) is 13.8 Å². The molecular formula is C11H23N3O. The van der Waals surface area contributed by atoms with Crippen molar-refractivity contribution in [3.63, 3.8) is 0 Å². The molecule has 4 heteroatoms. The molecule has 4 nitrogen and oxygen atoms in total.